The van der Waals surface area contributed by atoms with Crippen LogP contribution in [0, 0.1) is 0 Å². The molecule has 0 aliphatic carbocycles. The number of rotatable bonds is 9. The predicted octanol–water partition coefficient (Wildman–Crippen LogP) is 5.53. The van der Waals surface area contributed by atoms with Gasteiger partial charge in [-0.05, 0) is 54.1 Å². The van der Waals surface area contributed by atoms with E-state index in [2.05, 4.69) is 26.6 Å². The minimum Gasteiger partial charge on any atom is -0.492 e. The van der Waals surface area contributed by atoms with Gasteiger partial charge >= 0.3 is 0 Å². The molecular weight excluding hydrogens is 496 g/mol. The molecule has 0 atom stereocenters. The van der Waals surface area contributed by atoms with Crippen LogP contribution in [-0.4, -0.2) is 55.2 Å². The molecule has 1 saturated heterocycles. The Hall–Kier alpha value is -3.17. The van der Waals surface area contributed by atoms with Crippen molar-refractivity contribution in [3.8, 4) is 5.75 Å². The lowest BCUT2D eigenvalue weighted by Gasteiger charge is -2.26. The SMILES string of the molecule is O=C(Nc1ccc(CNc2nc3ccc(OCCN4CCOCC4)cc3s2)cc1)c1cccc(Cl)c1. The Morgan fingerprint density at radius 3 is 2.72 bits per heavy atom. The van der Waals surface area contributed by atoms with E-state index in [0.29, 0.717) is 23.7 Å². The van der Waals surface area contributed by atoms with Gasteiger partial charge in [0, 0.05) is 42.5 Å². The van der Waals surface area contributed by atoms with E-state index in [0.717, 1.165) is 65.2 Å². The van der Waals surface area contributed by atoms with E-state index in [1.807, 2.05) is 36.4 Å². The number of benzene rings is 3. The third-order valence-corrected chi connectivity index (χ3v) is 7.09. The highest BCUT2D eigenvalue weighted by atomic mass is 35.5. The largest absolute Gasteiger partial charge is 0.492 e. The fourth-order valence-corrected chi connectivity index (χ4v) is 4.98. The zero-order valence-electron chi connectivity index (χ0n) is 19.7. The van der Waals surface area contributed by atoms with Gasteiger partial charge in [0.1, 0.15) is 12.4 Å². The molecule has 1 aliphatic rings. The number of nitrogens with one attached hydrogen (secondary N) is 2. The number of nitrogens with zero attached hydrogens (tertiary/aromatic N) is 2. The first-order valence-electron chi connectivity index (χ1n) is 11.9. The van der Waals surface area contributed by atoms with Crippen molar-refractivity contribution in [3.63, 3.8) is 0 Å². The van der Waals surface area contributed by atoms with Gasteiger partial charge in [-0.1, -0.05) is 41.1 Å². The molecule has 7 nitrogen and oxygen atoms in total. The average molecular weight is 523 g/mol. The number of ether oxygens (including phenoxy) is 2. The Morgan fingerprint density at radius 1 is 1.08 bits per heavy atom. The van der Waals surface area contributed by atoms with Crippen LogP contribution < -0.4 is 15.4 Å². The van der Waals surface area contributed by atoms with Crippen molar-refractivity contribution in [2.75, 3.05) is 50.1 Å². The van der Waals surface area contributed by atoms with Crippen LogP contribution in [0.2, 0.25) is 5.02 Å². The molecular formula is C27H27ClN4O3S. The van der Waals surface area contributed by atoms with Crippen molar-refractivity contribution in [2.24, 2.45) is 0 Å². The Morgan fingerprint density at radius 2 is 1.92 bits per heavy atom. The maximum absolute atomic E-state index is 12.4. The molecule has 0 spiro atoms. The highest BCUT2D eigenvalue weighted by molar-refractivity contribution is 7.22. The molecule has 1 fully saturated rings. The summed E-state index contributed by atoms with van der Waals surface area (Å²) in [5.41, 5.74) is 3.28. The number of anilines is 2. The van der Waals surface area contributed by atoms with Crippen LogP contribution in [-0.2, 0) is 11.3 Å². The maximum Gasteiger partial charge on any atom is 0.255 e. The van der Waals surface area contributed by atoms with Crippen LogP contribution in [0.25, 0.3) is 10.2 Å². The lowest BCUT2D eigenvalue weighted by molar-refractivity contribution is 0.0322. The van der Waals surface area contributed by atoms with Gasteiger partial charge < -0.3 is 20.1 Å². The standard InChI is InChI=1S/C27H27ClN4O3S/c28-21-3-1-2-20(16-21)26(33)30-22-6-4-19(5-7-22)18-29-27-31-24-9-8-23(17-25(24)36-27)35-15-12-32-10-13-34-14-11-32/h1-9,16-17H,10-15,18H2,(H,29,31)(H,30,33). The molecule has 4 aromatic rings. The van der Waals surface area contributed by atoms with Crippen LogP contribution in [0.15, 0.2) is 66.7 Å². The van der Waals surface area contributed by atoms with Gasteiger partial charge in [-0.3, -0.25) is 9.69 Å². The van der Waals surface area contributed by atoms with E-state index in [-0.39, 0.29) is 5.91 Å². The first-order chi connectivity index (χ1) is 17.6. The van der Waals surface area contributed by atoms with Gasteiger partial charge in [0.05, 0.1) is 23.4 Å². The highest BCUT2D eigenvalue weighted by Crippen LogP contribution is 2.29. The smallest absolute Gasteiger partial charge is 0.255 e. The molecule has 186 valence electrons. The summed E-state index contributed by atoms with van der Waals surface area (Å²) in [6, 6.07) is 20.6. The molecule has 2 N–H and O–H groups in total. The second-order valence-corrected chi connectivity index (χ2v) is 9.93. The van der Waals surface area contributed by atoms with Gasteiger partial charge in [0.25, 0.3) is 5.91 Å². The number of hydrogen-bond acceptors (Lipinski definition) is 7. The van der Waals surface area contributed by atoms with Crippen molar-refractivity contribution in [3.05, 3.63) is 82.9 Å². The van der Waals surface area contributed by atoms with Crippen LogP contribution in [0.3, 0.4) is 0 Å². The van der Waals surface area contributed by atoms with Crippen LogP contribution in [0.1, 0.15) is 15.9 Å². The topological polar surface area (TPSA) is 75.7 Å². The van der Waals surface area contributed by atoms with Crippen molar-refractivity contribution in [1.29, 1.82) is 0 Å². The zero-order valence-corrected chi connectivity index (χ0v) is 21.3. The molecule has 0 bridgehead atoms. The number of morpholine rings is 1. The lowest BCUT2D eigenvalue weighted by Crippen LogP contribution is -2.38. The highest BCUT2D eigenvalue weighted by Gasteiger charge is 2.11. The first kappa shape index (κ1) is 24.5. The molecule has 0 radical (unpaired) electrons. The number of aromatic nitrogens is 1. The fourth-order valence-electron chi connectivity index (χ4n) is 3.90. The molecule has 36 heavy (non-hydrogen) atoms. The number of fused-ring (bicyclic) bond motifs is 1. The van der Waals surface area contributed by atoms with E-state index in [1.165, 1.54) is 0 Å². The first-order valence-corrected chi connectivity index (χ1v) is 13.0. The van der Waals surface area contributed by atoms with Crippen LogP contribution in [0.5, 0.6) is 5.75 Å². The number of amides is 1. The lowest BCUT2D eigenvalue weighted by atomic mass is 10.2. The van der Waals surface area contributed by atoms with Crippen molar-refractivity contribution >= 4 is 49.9 Å². The normalized spacial score (nSPS) is 14.0. The van der Waals surface area contributed by atoms with Gasteiger partial charge in [-0.25, -0.2) is 4.98 Å². The number of carbonyl (C=O) groups is 1. The van der Waals surface area contributed by atoms with Gasteiger partial charge in [0.2, 0.25) is 0 Å². The number of halogens is 1. The summed E-state index contributed by atoms with van der Waals surface area (Å²) in [4.78, 5) is 19.4. The molecule has 9 heteroatoms. The number of hydrogen-bond donors (Lipinski definition) is 2. The fraction of sp³-hybridized carbons (Fsp3) is 0.259. The van der Waals surface area contributed by atoms with Gasteiger partial charge in [-0.2, -0.15) is 0 Å². The minimum atomic E-state index is -0.192. The van der Waals surface area contributed by atoms with E-state index < -0.39 is 0 Å². The van der Waals surface area contributed by atoms with Crippen molar-refractivity contribution in [2.45, 2.75) is 6.54 Å². The number of thiazole rings is 1. The van der Waals surface area contributed by atoms with Crippen LogP contribution >= 0.6 is 22.9 Å². The van der Waals surface area contributed by atoms with E-state index in [4.69, 9.17) is 21.1 Å². The quantitative estimate of drug-likeness (QED) is 0.301. The Labute approximate surface area is 219 Å². The Balaban J connectivity index is 1.12. The molecule has 0 unspecified atom stereocenters. The van der Waals surface area contributed by atoms with Crippen molar-refractivity contribution < 1.29 is 14.3 Å². The summed E-state index contributed by atoms with van der Waals surface area (Å²) in [5.74, 6) is 0.670. The van der Waals surface area contributed by atoms with E-state index in [1.54, 1.807) is 35.6 Å². The summed E-state index contributed by atoms with van der Waals surface area (Å²) in [6.45, 7) is 5.72. The van der Waals surface area contributed by atoms with Crippen LogP contribution in [0.4, 0.5) is 10.8 Å². The molecule has 1 aliphatic heterocycles. The minimum absolute atomic E-state index is 0.192. The predicted molar refractivity (Wildman–Crippen MR) is 146 cm³/mol. The van der Waals surface area contributed by atoms with Gasteiger partial charge in [-0.15, -0.1) is 0 Å². The summed E-state index contributed by atoms with van der Waals surface area (Å²) in [5, 5.41) is 7.68. The number of carbonyl (C=O) groups excluding carboxylic acids is 1. The second kappa shape index (κ2) is 11.7. The molecule has 1 aromatic heterocycles. The molecule has 5 rings (SSSR count). The van der Waals surface area contributed by atoms with E-state index in [9.17, 15) is 4.79 Å². The zero-order chi connectivity index (χ0) is 24.7. The maximum atomic E-state index is 12.4. The Bertz CT molecular complexity index is 1320. The monoisotopic (exact) mass is 522 g/mol. The molecule has 3 aromatic carbocycles. The molecule has 0 saturated carbocycles. The summed E-state index contributed by atoms with van der Waals surface area (Å²) < 4.78 is 12.4. The molecule has 2 heterocycles. The summed E-state index contributed by atoms with van der Waals surface area (Å²) in [7, 11) is 0. The van der Waals surface area contributed by atoms with E-state index >= 15 is 0 Å². The summed E-state index contributed by atoms with van der Waals surface area (Å²) in [6.07, 6.45) is 0. The third-order valence-electron chi connectivity index (χ3n) is 5.88. The molecule has 1 amide bonds. The van der Waals surface area contributed by atoms with Crippen molar-refractivity contribution in [1.82, 2.24) is 9.88 Å². The van der Waals surface area contributed by atoms with Gasteiger partial charge in [0.15, 0.2) is 5.13 Å². The second-order valence-electron chi connectivity index (χ2n) is 8.47. The average Bonchev–Trinajstić information content (AvgIpc) is 3.31. The Kier molecular flexibility index (Phi) is 7.98. The summed E-state index contributed by atoms with van der Waals surface area (Å²) >= 11 is 7.58. The third kappa shape index (κ3) is 6.53.